The van der Waals surface area contributed by atoms with Crippen molar-refractivity contribution < 1.29 is 14.1 Å². The fourth-order valence-electron chi connectivity index (χ4n) is 1.92. The molecule has 0 saturated carbocycles. The maximum atomic E-state index is 12.1. The van der Waals surface area contributed by atoms with Crippen molar-refractivity contribution in [2.45, 2.75) is 40.5 Å². The molecule has 0 aliphatic rings. The van der Waals surface area contributed by atoms with E-state index in [9.17, 15) is 9.59 Å². The summed E-state index contributed by atoms with van der Waals surface area (Å²) in [5, 5.41) is 9.16. The lowest BCUT2D eigenvalue weighted by Crippen LogP contribution is -2.45. The van der Waals surface area contributed by atoms with Crippen molar-refractivity contribution in [1.29, 1.82) is 0 Å². The molecule has 0 fully saturated rings. The lowest BCUT2D eigenvalue weighted by Gasteiger charge is -2.24. The molecule has 2 N–H and O–H groups in total. The second-order valence-electron chi connectivity index (χ2n) is 5.73. The number of aryl methyl sites for hydroxylation is 1. The van der Waals surface area contributed by atoms with Gasteiger partial charge in [0.2, 0.25) is 5.91 Å². The lowest BCUT2D eigenvalue weighted by atomic mass is 10.2. The average Bonchev–Trinajstić information content (AvgIpc) is 2.82. The molecule has 7 heteroatoms. The Bertz CT molecular complexity index is 485. The Balaban J connectivity index is 2.55. The minimum Gasteiger partial charge on any atom is -0.360 e. The highest BCUT2D eigenvalue weighted by Gasteiger charge is 2.18. The first-order valence-electron chi connectivity index (χ1n) is 7.68. The maximum Gasteiger partial charge on any atom is 0.317 e. The number of nitrogens with zero attached hydrogens (tertiary/aromatic N) is 2. The van der Waals surface area contributed by atoms with Gasteiger partial charge >= 0.3 is 6.03 Å². The Kier molecular flexibility index (Phi) is 7.42. The third kappa shape index (κ3) is 6.60. The molecule has 7 nitrogen and oxygen atoms in total. The number of unbranched alkanes of at least 4 members (excludes halogenated alkanes) is 1. The van der Waals surface area contributed by atoms with Crippen molar-refractivity contribution in [2.24, 2.45) is 5.92 Å². The molecule has 0 atom stereocenters. The SMILES string of the molecule is CCCCNC(=O)N(CC(=O)Nc1cc(C)on1)CC(C)C. The van der Waals surface area contributed by atoms with Gasteiger partial charge in [0.15, 0.2) is 5.82 Å². The number of anilines is 1. The fraction of sp³-hybridized carbons (Fsp3) is 0.667. The molecule has 1 heterocycles. The van der Waals surface area contributed by atoms with Gasteiger partial charge in [-0.1, -0.05) is 32.3 Å². The van der Waals surface area contributed by atoms with Crippen LogP contribution >= 0.6 is 0 Å². The van der Waals surface area contributed by atoms with E-state index in [4.69, 9.17) is 4.52 Å². The first-order valence-corrected chi connectivity index (χ1v) is 7.68. The van der Waals surface area contributed by atoms with Gasteiger partial charge < -0.3 is 20.1 Å². The predicted octanol–water partition coefficient (Wildman–Crippen LogP) is 2.39. The zero-order valence-electron chi connectivity index (χ0n) is 13.8. The molecule has 0 aliphatic carbocycles. The van der Waals surface area contributed by atoms with Crippen LogP contribution in [-0.2, 0) is 4.79 Å². The highest BCUT2D eigenvalue weighted by atomic mass is 16.5. The van der Waals surface area contributed by atoms with E-state index in [1.807, 2.05) is 13.8 Å². The number of aromatic nitrogens is 1. The molecule has 0 aliphatic heterocycles. The normalized spacial score (nSPS) is 10.6. The van der Waals surface area contributed by atoms with Crippen LogP contribution in [0.4, 0.5) is 10.6 Å². The number of hydrogen-bond acceptors (Lipinski definition) is 4. The Hall–Kier alpha value is -2.05. The summed E-state index contributed by atoms with van der Waals surface area (Å²) in [4.78, 5) is 25.7. The summed E-state index contributed by atoms with van der Waals surface area (Å²) in [7, 11) is 0. The Labute approximate surface area is 131 Å². The van der Waals surface area contributed by atoms with E-state index in [1.54, 1.807) is 13.0 Å². The van der Waals surface area contributed by atoms with Crippen LogP contribution in [-0.4, -0.2) is 41.6 Å². The molecule has 0 radical (unpaired) electrons. The molecule has 0 aromatic carbocycles. The van der Waals surface area contributed by atoms with Crippen LogP contribution in [0.25, 0.3) is 0 Å². The third-order valence-corrected chi connectivity index (χ3v) is 2.91. The van der Waals surface area contributed by atoms with Crippen LogP contribution in [0.2, 0.25) is 0 Å². The molecule has 124 valence electrons. The van der Waals surface area contributed by atoms with Gasteiger partial charge in [-0.25, -0.2) is 4.79 Å². The van der Waals surface area contributed by atoms with Crippen molar-refractivity contribution in [1.82, 2.24) is 15.4 Å². The van der Waals surface area contributed by atoms with Crippen LogP contribution in [0.1, 0.15) is 39.4 Å². The van der Waals surface area contributed by atoms with E-state index in [1.165, 1.54) is 4.90 Å². The number of carbonyl (C=O) groups is 2. The molecule has 3 amide bonds. The van der Waals surface area contributed by atoms with Crippen molar-refractivity contribution in [3.63, 3.8) is 0 Å². The van der Waals surface area contributed by atoms with Crippen molar-refractivity contribution in [2.75, 3.05) is 25.0 Å². The van der Waals surface area contributed by atoms with Gasteiger partial charge in [0.25, 0.3) is 0 Å². The number of nitrogens with one attached hydrogen (secondary N) is 2. The van der Waals surface area contributed by atoms with Crippen LogP contribution in [0.3, 0.4) is 0 Å². The van der Waals surface area contributed by atoms with E-state index in [-0.39, 0.29) is 24.4 Å². The summed E-state index contributed by atoms with van der Waals surface area (Å²) < 4.78 is 4.89. The molecule has 0 bridgehead atoms. The molecule has 1 rings (SSSR count). The van der Waals surface area contributed by atoms with Gasteiger partial charge in [0, 0.05) is 19.2 Å². The Morgan fingerprint density at radius 3 is 2.68 bits per heavy atom. The number of hydrogen-bond donors (Lipinski definition) is 2. The van der Waals surface area contributed by atoms with Gasteiger partial charge in [0.05, 0.1) is 0 Å². The summed E-state index contributed by atoms with van der Waals surface area (Å²) in [6.07, 6.45) is 1.93. The van der Waals surface area contributed by atoms with Crippen LogP contribution < -0.4 is 10.6 Å². The fourth-order valence-corrected chi connectivity index (χ4v) is 1.92. The highest BCUT2D eigenvalue weighted by Crippen LogP contribution is 2.07. The maximum absolute atomic E-state index is 12.1. The summed E-state index contributed by atoms with van der Waals surface area (Å²) in [6, 6.07) is 1.42. The van der Waals surface area contributed by atoms with E-state index >= 15 is 0 Å². The smallest absolute Gasteiger partial charge is 0.317 e. The number of carbonyl (C=O) groups excluding carboxylic acids is 2. The third-order valence-electron chi connectivity index (χ3n) is 2.91. The highest BCUT2D eigenvalue weighted by molar-refractivity contribution is 5.93. The predicted molar refractivity (Wildman–Crippen MR) is 84.6 cm³/mol. The summed E-state index contributed by atoms with van der Waals surface area (Å²) >= 11 is 0. The average molecular weight is 310 g/mol. The van der Waals surface area contributed by atoms with Gasteiger partial charge in [-0.2, -0.15) is 0 Å². The number of rotatable bonds is 8. The number of urea groups is 1. The van der Waals surface area contributed by atoms with E-state index in [2.05, 4.69) is 22.7 Å². The molecule has 0 saturated heterocycles. The first kappa shape index (κ1) is 18.0. The topological polar surface area (TPSA) is 87.5 Å². The minimum atomic E-state index is -0.292. The standard InChI is InChI=1S/C15H26N4O3/c1-5-6-7-16-15(21)19(9-11(2)3)10-14(20)17-13-8-12(4)22-18-13/h8,11H,5-7,9-10H2,1-4H3,(H,16,21)(H,17,18,20). The van der Waals surface area contributed by atoms with Crippen molar-refractivity contribution in [3.05, 3.63) is 11.8 Å². The van der Waals surface area contributed by atoms with E-state index in [0.29, 0.717) is 24.7 Å². The quantitative estimate of drug-likeness (QED) is 0.722. The van der Waals surface area contributed by atoms with E-state index in [0.717, 1.165) is 12.8 Å². The zero-order valence-corrected chi connectivity index (χ0v) is 13.8. The van der Waals surface area contributed by atoms with E-state index < -0.39 is 0 Å². The largest absolute Gasteiger partial charge is 0.360 e. The van der Waals surface area contributed by atoms with Crippen molar-refractivity contribution in [3.8, 4) is 0 Å². The minimum absolute atomic E-state index is 0.0119. The molecule has 1 aromatic rings. The second-order valence-corrected chi connectivity index (χ2v) is 5.73. The Morgan fingerprint density at radius 2 is 2.14 bits per heavy atom. The summed E-state index contributed by atoms with van der Waals surface area (Å²) in [5.41, 5.74) is 0. The zero-order chi connectivity index (χ0) is 16.5. The molecule has 1 aromatic heterocycles. The van der Waals surface area contributed by atoms with Crippen molar-refractivity contribution >= 4 is 17.8 Å². The summed E-state index contributed by atoms with van der Waals surface area (Å²) in [6.45, 7) is 8.94. The molecular weight excluding hydrogens is 284 g/mol. The van der Waals surface area contributed by atoms with Gasteiger partial charge in [-0.15, -0.1) is 0 Å². The second kappa shape index (κ2) is 9.07. The molecule has 22 heavy (non-hydrogen) atoms. The molecule has 0 unspecified atom stereocenters. The number of amides is 3. The van der Waals surface area contributed by atoms with Crippen LogP contribution in [0.5, 0.6) is 0 Å². The monoisotopic (exact) mass is 310 g/mol. The molecular formula is C15H26N4O3. The van der Waals surface area contributed by atoms with Crippen LogP contribution in [0.15, 0.2) is 10.6 Å². The first-order chi connectivity index (χ1) is 10.4. The molecule has 0 spiro atoms. The van der Waals surface area contributed by atoms with Gasteiger partial charge in [0.1, 0.15) is 12.3 Å². The summed E-state index contributed by atoms with van der Waals surface area (Å²) in [5.74, 6) is 0.962. The van der Waals surface area contributed by atoms with Gasteiger partial charge in [-0.05, 0) is 19.3 Å². The lowest BCUT2D eigenvalue weighted by molar-refractivity contribution is -0.116. The Morgan fingerprint density at radius 1 is 1.41 bits per heavy atom. The van der Waals surface area contributed by atoms with Gasteiger partial charge in [-0.3, -0.25) is 4.79 Å². The van der Waals surface area contributed by atoms with Crippen LogP contribution in [0, 0.1) is 12.8 Å².